The summed E-state index contributed by atoms with van der Waals surface area (Å²) in [5, 5.41) is 20.7. The third kappa shape index (κ3) is 4.96. The van der Waals surface area contributed by atoms with Crippen LogP contribution in [0.25, 0.3) is 0 Å². The first-order valence-electron chi connectivity index (χ1n) is 5.62. The molecule has 0 aromatic heterocycles. The summed E-state index contributed by atoms with van der Waals surface area (Å²) in [5.74, 6) is -0.995. The lowest BCUT2D eigenvalue weighted by atomic mass is 9.76. The van der Waals surface area contributed by atoms with Crippen molar-refractivity contribution in [1.82, 2.24) is 5.32 Å². The molecule has 0 saturated heterocycles. The van der Waals surface area contributed by atoms with Crippen LogP contribution in [0.15, 0.2) is 0 Å². The highest BCUT2D eigenvalue weighted by Gasteiger charge is 2.31. The molecule has 0 radical (unpaired) electrons. The van der Waals surface area contributed by atoms with E-state index in [1.54, 1.807) is 0 Å². The third-order valence-electron chi connectivity index (χ3n) is 2.50. The average Bonchev–Trinajstić information content (AvgIpc) is 2.14. The molecule has 0 aliphatic heterocycles. The summed E-state index contributed by atoms with van der Waals surface area (Å²) in [4.78, 5) is 11.7. The average molecular weight is 230 g/mol. The summed E-state index contributed by atoms with van der Waals surface area (Å²) in [6.45, 7) is 7.50. The topological polar surface area (TPSA) is 95.6 Å². The highest BCUT2D eigenvalue weighted by atomic mass is 16.4. The van der Waals surface area contributed by atoms with Gasteiger partial charge in [0.05, 0.1) is 12.0 Å². The number of hydrogen-bond acceptors (Lipinski definition) is 4. The third-order valence-corrected chi connectivity index (χ3v) is 2.50. The van der Waals surface area contributed by atoms with Gasteiger partial charge in [-0.05, 0) is 11.8 Å². The SMILES string of the molecule is CCC[C@H](NC(=O)[C@@H](N)C(C)(C)C)B(O)O. The van der Waals surface area contributed by atoms with Crippen LogP contribution in [0.4, 0.5) is 0 Å². The van der Waals surface area contributed by atoms with Crippen molar-refractivity contribution in [2.45, 2.75) is 52.5 Å². The minimum atomic E-state index is -1.55. The Morgan fingerprint density at radius 3 is 2.25 bits per heavy atom. The van der Waals surface area contributed by atoms with Crippen LogP contribution in [-0.2, 0) is 4.79 Å². The van der Waals surface area contributed by atoms with Crippen LogP contribution in [0.2, 0.25) is 0 Å². The smallest absolute Gasteiger partial charge is 0.426 e. The van der Waals surface area contributed by atoms with Crippen LogP contribution in [0.1, 0.15) is 40.5 Å². The molecule has 0 aliphatic rings. The first kappa shape index (κ1) is 15.4. The second kappa shape index (κ2) is 6.22. The molecule has 0 aromatic carbocycles. The van der Waals surface area contributed by atoms with Crippen molar-refractivity contribution < 1.29 is 14.8 Å². The van der Waals surface area contributed by atoms with Gasteiger partial charge >= 0.3 is 7.12 Å². The fourth-order valence-corrected chi connectivity index (χ4v) is 1.27. The van der Waals surface area contributed by atoms with Gasteiger partial charge in [-0.1, -0.05) is 34.1 Å². The van der Waals surface area contributed by atoms with Crippen LogP contribution in [0.3, 0.4) is 0 Å². The fraction of sp³-hybridized carbons (Fsp3) is 0.900. The zero-order valence-corrected chi connectivity index (χ0v) is 10.5. The van der Waals surface area contributed by atoms with Crippen molar-refractivity contribution in [3.8, 4) is 0 Å². The number of amides is 1. The molecule has 94 valence electrons. The molecule has 5 N–H and O–H groups in total. The molecular formula is C10H23BN2O3. The summed E-state index contributed by atoms with van der Waals surface area (Å²) in [6, 6.07) is -0.661. The number of nitrogens with one attached hydrogen (secondary N) is 1. The van der Waals surface area contributed by atoms with E-state index in [-0.39, 0.29) is 11.3 Å². The van der Waals surface area contributed by atoms with Crippen molar-refractivity contribution in [3.05, 3.63) is 0 Å². The maximum atomic E-state index is 11.7. The quantitative estimate of drug-likeness (QED) is 0.486. The number of hydrogen-bond donors (Lipinski definition) is 4. The second-order valence-electron chi connectivity index (χ2n) is 5.16. The Morgan fingerprint density at radius 1 is 1.44 bits per heavy atom. The minimum absolute atomic E-state index is 0.346. The molecule has 1 amide bonds. The maximum absolute atomic E-state index is 11.7. The predicted molar refractivity (Wildman–Crippen MR) is 64.5 cm³/mol. The molecule has 0 unspecified atom stereocenters. The Hall–Kier alpha value is -0.585. The van der Waals surface area contributed by atoms with E-state index in [1.807, 2.05) is 27.7 Å². The van der Waals surface area contributed by atoms with E-state index in [2.05, 4.69) is 5.32 Å². The predicted octanol–water partition coefficient (Wildman–Crippen LogP) is -0.343. The van der Waals surface area contributed by atoms with Gasteiger partial charge in [0.1, 0.15) is 0 Å². The zero-order chi connectivity index (χ0) is 12.9. The standard InChI is InChI=1S/C10H23BN2O3/c1-5-6-7(11(15)16)13-9(14)8(12)10(2,3)4/h7-8,15-16H,5-6,12H2,1-4H3,(H,13,14)/t7-,8+/m0/s1. The molecule has 0 spiro atoms. The molecule has 5 nitrogen and oxygen atoms in total. The molecule has 0 fully saturated rings. The van der Waals surface area contributed by atoms with Crippen molar-refractivity contribution in [3.63, 3.8) is 0 Å². The second-order valence-corrected chi connectivity index (χ2v) is 5.16. The number of carbonyl (C=O) groups excluding carboxylic acids is 1. The maximum Gasteiger partial charge on any atom is 0.475 e. The van der Waals surface area contributed by atoms with E-state index in [4.69, 9.17) is 15.8 Å². The first-order valence-corrected chi connectivity index (χ1v) is 5.62. The molecule has 0 bridgehead atoms. The van der Waals surface area contributed by atoms with Gasteiger partial charge < -0.3 is 21.1 Å². The van der Waals surface area contributed by atoms with E-state index < -0.39 is 19.1 Å². The van der Waals surface area contributed by atoms with Crippen molar-refractivity contribution in [2.75, 3.05) is 0 Å². The monoisotopic (exact) mass is 230 g/mol. The van der Waals surface area contributed by atoms with Crippen LogP contribution in [0.5, 0.6) is 0 Å². The van der Waals surface area contributed by atoms with E-state index >= 15 is 0 Å². The van der Waals surface area contributed by atoms with Gasteiger partial charge in [0.15, 0.2) is 0 Å². The van der Waals surface area contributed by atoms with Crippen LogP contribution >= 0.6 is 0 Å². The van der Waals surface area contributed by atoms with Crippen LogP contribution < -0.4 is 11.1 Å². The molecule has 0 aliphatic carbocycles. The minimum Gasteiger partial charge on any atom is -0.426 e. The molecule has 0 saturated carbocycles. The van der Waals surface area contributed by atoms with Gasteiger partial charge in [-0.15, -0.1) is 0 Å². The van der Waals surface area contributed by atoms with Crippen molar-refractivity contribution >= 4 is 13.0 Å². The largest absolute Gasteiger partial charge is 0.475 e. The molecular weight excluding hydrogens is 207 g/mol. The van der Waals surface area contributed by atoms with E-state index in [9.17, 15) is 4.79 Å². The van der Waals surface area contributed by atoms with Crippen LogP contribution in [0, 0.1) is 5.41 Å². The Bertz CT molecular complexity index is 229. The normalized spacial score (nSPS) is 15.4. The Morgan fingerprint density at radius 2 is 1.94 bits per heavy atom. The molecule has 2 atom stereocenters. The highest BCUT2D eigenvalue weighted by Crippen LogP contribution is 2.17. The van der Waals surface area contributed by atoms with Gasteiger partial charge in [-0.25, -0.2) is 0 Å². The Labute approximate surface area is 97.6 Å². The van der Waals surface area contributed by atoms with Gasteiger partial charge in [0.2, 0.25) is 5.91 Å². The van der Waals surface area contributed by atoms with E-state index in [0.29, 0.717) is 6.42 Å². The lowest BCUT2D eigenvalue weighted by Crippen LogP contribution is -2.55. The van der Waals surface area contributed by atoms with Gasteiger partial charge in [-0.3, -0.25) is 4.79 Å². The van der Waals surface area contributed by atoms with Crippen molar-refractivity contribution in [1.29, 1.82) is 0 Å². The molecule has 0 aromatic rings. The lowest BCUT2D eigenvalue weighted by molar-refractivity contribution is -0.124. The Balaban J connectivity index is 4.40. The van der Waals surface area contributed by atoms with Gasteiger partial charge in [0, 0.05) is 0 Å². The summed E-state index contributed by atoms with van der Waals surface area (Å²) >= 11 is 0. The fourth-order valence-electron chi connectivity index (χ4n) is 1.27. The van der Waals surface area contributed by atoms with Crippen molar-refractivity contribution in [2.24, 2.45) is 11.1 Å². The van der Waals surface area contributed by atoms with Gasteiger partial charge in [-0.2, -0.15) is 0 Å². The van der Waals surface area contributed by atoms with E-state index in [0.717, 1.165) is 6.42 Å². The summed E-state index contributed by atoms with van der Waals surface area (Å²) in [6.07, 6.45) is 1.27. The summed E-state index contributed by atoms with van der Waals surface area (Å²) in [7, 11) is -1.55. The molecule has 0 rings (SSSR count). The molecule has 0 heterocycles. The number of nitrogens with two attached hydrogens (primary N) is 1. The number of rotatable bonds is 5. The van der Waals surface area contributed by atoms with Crippen LogP contribution in [-0.4, -0.2) is 35.1 Å². The molecule has 16 heavy (non-hydrogen) atoms. The van der Waals surface area contributed by atoms with Gasteiger partial charge in [0.25, 0.3) is 0 Å². The molecule has 6 heteroatoms. The first-order chi connectivity index (χ1) is 7.20. The summed E-state index contributed by atoms with van der Waals surface area (Å²) in [5.41, 5.74) is 5.42. The number of carbonyl (C=O) groups is 1. The lowest BCUT2D eigenvalue weighted by Gasteiger charge is -2.28. The zero-order valence-electron chi connectivity index (χ0n) is 10.5. The van der Waals surface area contributed by atoms with E-state index in [1.165, 1.54) is 0 Å². The summed E-state index contributed by atoms with van der Waals surface area (Å²) < 4.78 is 0. The highest BCUT2D eigenvalue weighted by molar-refractivity contribution is 6.43. The Kier molecular flexibility index (Phi) is 6.00.